The maximum Gasteiger partial charge on any atom is 0.0641 e. The number of hydrogen-bond donors (Lipinski definition) is 12. The smallest absolute Gasteiger partial charge is 0.0641 e. The number of rotatable bonds is 0. The van der Waals surface area contributed by atoms with E-state index in [9.17, 15) is 0 Å². The molecule has 9 heterocycles. The Labute approximate surface area is 336 Å². The zero-order valence-corrected chi connectivity index (χ0v) is 34.0. The molecule has 24 atom stereocenters. The molecule has 4 aliphatic carbocycles. The molecule has 56 heavy (non-hydrogen) atoms. The van der Waals surface area contributed by atoms with Crippen molar-refractivity contribution in [1.29, 1.82) is 0 Å². The monoisotopic (exact) mass is 773 g/mol. The molecule has 9 saturated heterocycles. The summed E-state index contributed by atoms with van der Waals surface area (Å²) in [7, 11) is 0. The van der Waals surface area contributed by atoms with E-state index in [0.717, 1.165) is 49.9 Å². The van der Waals surface area contributed by atoms with Gasteiger partial charge < -0.3 is 21.3 Å². The molecule has 12 heteroatoms. The summed E-state index contributed by atoms with van der Waals surface area (Å²) >= 11 is 0. The van der Waals surface area contributed by atoms with E-state index in [1.165, 1.54) is 103 Å². The van der Waals surface area contributed by atoms with E-state index in [2.05, 4.69) is 63.8 Å². The van der Waals surface area contributed by atoms with Gasteiger partial charge in [0.2, 0.25) is 0 Å². The summed E-state index contributed by atoms with van der Waals surface area (Å²) in [6.07, 6.45) is 24.6. The molecule has 13 aliphatic rings. The normalized spacial score (nSPS) is 60.0. The summed E-state index contributed by atoms with van der Waals surface area (Å²) < 4.78 is 0. The summed E-state index contributed by atoms with van der Waals surface area (Å²) in [4.78, 5) is 0. The lowest BCUT2D eigenvalue weighted by Crippen LogP contribution is -2.62. The number of piperidine rings is 4. The van der Waals surface area contributed by atoms with Crippen LogP contribution in [0.1, 0.15) is 103 Å². The van der Waals surface area contributed by atoms with Crippen LogP contribution in [0.2, 0.25) is 0 Å². The molecule has 8 bridgehead atoms. The second-order valence-electron chi connectivity index (χ2n) is 22.0. The van der Waals surface area contributed by atoms with Gasteiger partial charge in [-0.3, -0.25) is 42.5 Å². The highest BCUT2D eigenvalue weighted by molar-refractivity contribution is 5.15. The van der Waals surface area contributed by atoms with Gasteiger partial charge in [-0.1, -0.05) is 51.4 Å². The van der Waals surface area contributed by atoms with Crippen molar-refractivity contribution in [2.24, 2.45) is 71.0 Å². The molecule has 0 aromatic carbocycles. The van der Waals surface area contributed by atoms with E-state index in [0.29, 0.717) is 121 Å². The van der Waals surface area contributed by atoms with Gasteiger partial charge >= 0.3 is 0 Å². The lowest BCUT2D eigenvalue weighted by atomic mass is 9.67. The minimum Gasteiger partial charge on any atom is -0.313 e. The zero-order valence-electron chi connectivity index (χ0n) is 34.0. The van der Waals surface area contributed by atoms with Crippen LogP contribution in [-0.2, 0) is 0 Å². The van der Waals surface area contributed by atoms with E-state index in [1.807, 2.05) is 0 Å². The molecule has 4 saturated carbocycles. The third-order valence-corrected chi connectivity index (χ3v) is 19.8. The fourth-order valence-corrected chi connectivity index (χ4v) is 17.6. The van der Waals surface area contributed by atoms with Crippen LogP contribution in [-0.4, -0.2) is 99.7 Å². The molecule has 0 aromatic heterocycles. The predicted octanol–water partition coefficient (Wildman–Crippen LogP) is 0.958. The van der Waals surface area contributed by atoms with Crippen molar-refractivity contribution in [3.8, 4) is 0 Å². The molecule has 12 N–H and O–H groups in total. The zero-order chi connectivity index (χ0) is 36.5. The Balaban J connectivity index is 0.887. The highest BCUT2D eigenvalue weighted by Crippen LogP contribution is 2.49. The van der Waals surface area contributed by atoms with E-state index in [1.54, 1.807) is 0 Å². The maximum absolute atomic E-state index is 4.53. The van der Waals surface area contributed by atoms with E-state index < -0.39 is 0 Å². The number of hydrogen-bond acceptors (Lipinski definition) is 12. The number of fused-ring (bicyclic) bond motifs is 28. The molecule has 0 spiro atoms. The molecular formula is C44H76N12. The molecule has 13 rings (SSSR count). The first-order valence-corrected chi connectivity index (χ1v) is 24.8. The predicted molar refractivity (Wildman–Crippen MR) is 218 cm³/mol. The second kappa shape index (κ2) is 14.6. The van der Waals surface area contributed by atoms with Crippen molar-refractivity contribution >= 4 is 0 Å². The van der Waals surface area contributed by atoms with E-state index in [4.69, 9.17) is 0 Å². The van der Waals surface area contributed by atoms with Crippen molar-refractivity contribution in [1.82, 2.24) is 63.8 Å². The van der Waals surface area contributed by atoms with Crippen molar-refractivity contribution in [2.45, 2.75) is 176 Å². The molecule has 12 nitrogen and oxygen atoms in total. The minimum absolute atomic E-state index is 0.297. The SMILES string of the molecule is C1CCC2C(C1)NCC1C3NC4NC(NC5NC(NC6NC(NC(N3)C21)C1CNC2CCCCC2C61)C1CNC2CCCCC2C51)C1C2CCCCC2NCC41. The van der Waals surface area contributed by atoms with Crippen LogP contribution in [0.25, 0.3) is 0 Å². The van der Waals surface area contributed by atoms with Gasteiger partial charge in [0, 0.05) is 74.0 Å². The maximum atomic E-state index is 4.53. The van der Waals surface area contributed by atoms with Gasteiger partial charge in [-0.05, 0) is 98.7 Å². The molecule has 13 fully saturated rings. The molecule has 24 unspecified atom stereocenters. The van der Waals surface area contributed by atoms with E-state index in [-0.39, 0.29) is 0 Å². The van der Waals surface area contributed by atoms with Crippen LogP contribution in [0.3, 0.4) is 0 Å². The largest absolute Gasteiger partial charge is 0.313 e. The fraction of sp³-hybridized carbons (Fsp3) is 1.00. The van der Waals surface area contributed by atoms with Gasteiger partial charge in [-0.15, -0.1) is 0 Å². The first-order chi connectivity index (χ1) is 27.7. The Morgan fingerprint density at radius 2 is 0.429 bits per heavy atom. The molecular weight excluding hydrogens is 697 g/mol. The molecule has 0 amide bonds. The van der Waals surface area contributed by atoms with Crippen LogP contribution in [0.4, 0.5) is 0 Å². The van der Waals surface area contributed by atoms with Gasteiger partial charge in [-0.2, -0.15) is 0 Å². The summed E-state index contributed by atoms with van der Waals surface area (Å²) in [5.41, 5.74) is 0. The molecule has 312 valence electrons. The Kier molecular flexibility index (Phi) is 9.42. The fourth-order valence-electron chi connectivity index (χ4n) is 17.6. The summed E-state index contributed by atoms with van der Waals surface area (Å²) in [5.74, 6) is 7.97. The first kappa shape index (κ1) is 36.2. The van der Waals surface area contributed by atoms with Crippen LogP contribution in [0, 0.1) is 71.0 Å². The Morgan fingerprint density at radius 1 is 0.214 bits per heavy atom. The van der Waals surface area contributed by atoms with Gasteiger partial charge in [0.25, 0.3) is 0 Å². The van der Waals surface area contributed by atoms with Crippen LogP contribution in [0.15, 0.2) is 0 Å². The summed E-state index contributed by atoms with van der Waals surface area (Å²) in [6, 6.07) is 2.72. The Morgan fingerprint density at radius 3 is 0.696 bits per heavy atom. The third kappa shape index (κ3) is 5.80. The van der Waals surface area contributed by atoms with Crippen molar-refractivity contribution in [3.05, 3.63) is 0 Å². The van der Waals surface area contributed by atoms with Gasteiger partial charge in [-0.25, -0.2) is 0 Å². The highest BCUT2D eigenvalue weighted by atomic mass is 15.4. The van der Waals surface area contributed by atoms with Crippen LogP contribution < -0.4 is 63.8 Å². The average molecular weight is 773 g/mol. The third-order valence-electron chi connectivity index (χ3n) is 19.8. The van der Waals surface area contributed by atoms with Crippen molar-refractivity contribution in [2.75, 3.05) is 26.2 Å². The van der Waals surface area contributed by atoms with Gasteiger partial charge in [0.05, 0.1) is 49.3 Å². The standard InChI is InChI=1S/C44H76N12/c1-5-13-29-21(9-1)33-25(17-45-29)37-49-38-26-18-46-31-15-7-3-11-23(31)35(26)43(51-38)56-44-36-24-12-4-8-16-32(24)48-20-28(36)40(55-44)54-42-34-22-10-2-6-14-30(22)47-19-27(34)39(53-42)52-41(33)50-37/h21-56H,1-20H2. The van der Waals surface area contributed by atoms with Crippen molar-refractivity contribution in [3.63, 3.8) is 0 Å². The molecule has 9 aliphatic heterocycles. The average Bonchev–Trinajstić information content (AvgIpc) is 3.99. The Hall–Kier alpha value is -0.480. The van der Waals surface area contributed by atoms with Crippen LogP contribution >= 0.6 is 0 Å². The molecule has 0 aromatic rings. The number of nitrogens with one attached hydrogen (secondary N) is 12. The quantitative estimate of drug-likeness (QED) is 0.171. The summed E-state index contributed by atoms with van der Waals surface area (Å²) in [6.45, 7) is 4.54. The van der Waals surface area contributed by atoms with Gasteiger partial charge in [0.1, 0.15) is 0 Å². The topological polar surface area (TPSA) is 144 Å². The molecule has 0 radical (unpaired) electrons. The van der Waals surface area contributed by atoms with Gasteiger partial charge in [0.15, 0.2) is 0 Å². The first-order valence-electron chi connectivity index (χ1n) is 24.8. The van der Waals surface area contributed by atoms with Crippen molar-refractivity contribution < 1.29 is 0 Å². The van der Waals surface area contributed by atoms with Crippen LogP contribution in [0.5, 0.6) is 0 Å². The second-order valence-corrected chi connectivity index (χ2v) is 22.0. The minimum atomic E-state index is 0.297. The Bertz CT molecular complexity index is 1440. The van der Waals surface area contributed by atoms with E-state index >= 15 is 0 Å². The highest BCUT2D eigenvalue weighted by Gasteiger charge is 2.60. The lowest BCUT2D eigenvalue weighted by Gasteiger charge is -2.48. The summed E-state index contributed by atoms with van der Waals surface area (Å²) in [5, 5.41) is 52.1. The lowest BCUT2D eigenvalue weighted by molar-refractivity contribution is 0.0510.